The normalized spacial score (nSPS) is 16.4. The van der Waals surface area contributed by atoms with Gasteiger partial charge >= 0.3 is 0 Å². The number of benzene rings is 1. The number of halogens is 1. The van der Waals surface area contributed by atoms with Gasteiger partial charge in [-0.15, -0.1) is 0 Å². The molecule has 0 aliphatic heterocycles. The van der Waals surface area contributed by atoms with Crippen molar-refractivity contribution in [3.8, 4) is 0 Å². The molecule has 0 radical (unpaired) electrons. The van der Waals surface area contributed by atoms with E-state index in [1.807, 2.05) is 6.07 Å². The summed E-state index contributed by atoms with van der Waals surface area (Å²) in [5.74, 6) is -0.261. The second-order valence-corrected chi connectivity index (χ2v) is 4.70. The third-order valence-corrected chi connectivity index (χ3v) is 3.56. The Kier molecular flexibility index (Phi) is 4.00. The lowest BCUT2D eigenvalue weighted by Crippen LogP contribution is -2.33. The third-order valence-electron chi connectivity index (χ3n) is 3.56. The first kappa shape index (κ1) is 12.4. The molecule has 3 heteroatoms. The number of aliphatic hydroxyl groups is 1. The molecule has 0 amide bonds. The summed E-state index contributed by atoms with van der Waals surface area (Å²) in [4.78, 5) is 2.26. The average molecular weight is 237 g/mol. The minimum Gasteiger partial charge on any atom is -0.392 e. The molecule has 0 bridgehead atoms. The van der Waals surface area contributed by atoms with Gasteiger partial charge in [-0.2, -0.15) is 0 Å². The second kappa shape index (κ2) is 5.50. The average Bonchev–Trinajstić information content (AvgIpc) is 2.83. The molecule has 1 aliphatic carbocycles. The fourth-order valence-electron chi connectivity index (χ4n) is 2.76. The molecule has 0 atom stereocenters. The first-order valence-corrected chi connectivity index (χ1v) is 6.41. The highest BCUT2D eigenvalue weighted by Crippen LogP contribution is 2.29. The zero-order valence-electron chi connectivity index (χ0n) is 10.3. The zero-order valence-corrected chi connectivity index (χ0v) is 10.3. The van der Waals surface area contributed by atoms with Crippen molar-refractivity contribution in [2.24, 2.45) is 0 Å². The van der Waals surface area contributed by atoms with Crippen molar-refractivity contribution < 1.29 is 9.50 Å². The molecule has 0 heterocycles. The maximum atomic E-state index is 13.5. The molecule has 0 unspecified atom stereocenters. The molecule has 1 saturated carbocycles. The molecule has 1 aliphatic rings. The van der Waals surface area contributed by atoms with Gasteiger partial charge < -0.3 is 10.0 Å². The van der Waals surface area contributed by atoms with Crippen molar-refractivity contribution >= 4 is 5.69 Å². The Morgan fingerprint density at radius 2 is 2.00 bits per heavy atom. The van der Waals surface area contributed by atoms with Gasteiger partial charge in [-0.1, -0.05) is 12.8 Å². The maximum absolute atomic E-state index is 13.5. The number of nitrogens with zero attached hydrogens (tertiary/aromatic N) is 1. The van der Waals surface area contributed by atoms with Crippen LogP contribution in [0.25, 0.3) is 0 Å². The summed E-state index contributed by atoms with van der Waals surface area (Å²) in [7, 11) is 0. The fraction of sp³-hybridized carbons (Fsp3) is 0.571. The van der Waals surface area contributed by atoms with E-state index in [0.29, 0.717) is 11.6 Å². The Morgan fingerprint density at radius 3 is 2.59 bits per heavy atom. The van der Waals surface area contributed by atoms with Gasteiger partial charge in [-0.05, 0) is 43.5 Å². The molecule has 1 N–H and O–H groups in total. The first-order valence-electron chi connectivity index (χ1n) is 6.41. The number of hydrogen-bond donors (Lipinski definition) is 1. The molecule has 1 fully saturated rings. The summed E-state index contributed by atoms with van der Waals surface area (Å²) in [6, 6.07) is 5.39. The molecule has 1 aromatic carbocycles. The van der Waals surface area contributed by atoms with E-state index in [1.165, 1.54) is 31.7 Å². The third kappa shape index (κ3) is 2.78. The van der Waals surface area contributed by atoms with E-state index in [-0.39, 0.29) is 12.4 Å². The van der Waals surface area contributed by atoms with Gasteiger partial charge in [0.2, 0.25) is 0 Å². The molecule has 2 rings (SSSR count). The van der Waals surface area contributed by atoms with Crippen molar-refractivity contribution in [2.45, 2.75) is 45.3 Å². The number of rotatable bonds is 4. The highest BCUT2D eigenvalue weighted by molar-refractivity contribution is 5.50. The first-order chi connectivity index (χ1) is 8.24. The van der Waals surface area contributed by atoms with Crippen LogP contribution in [-0.2, 0) is 6.61 Å². The SMILES string of the molecule is CCN(c1cc(F)cc(CO)c1)C1CCCC1. The highest BCUT2D eigenvalue weighted by Gasteiger charge is 2.22. The van der Waals surface area contributed by atoms with Crippen molar-refractivity contribution in [1.29, 1.82) is 0 Å². The molecule has 0 saturated heterocycles. The van der Waals surface area contributed by atoms with Crippen molar-refractivity contribution in [1.82, 2.24) is 0 Å². The van der Waals surface area contributed by atoms with Crippen LogP contribution in [0.1, 0.15) is 38.2 Å². The predicted molar refractivity (Wildman–Crippen MR) is 67.6 cm³/mol. The van der Waals surface area contributed by atoms with Crippen molar-refractivity contribution in [3.63, 3.8) is 0 Å². The summed E-state index contributed by atoms with van der Waals surface area (Å²) in [5, 5.41) is 9.12. The zero-order chi connectivity index (χ0) is 12.3. The lowest BCUT2D eigenvalue weighted by Gasteiger charge is -2.30. The number of anilines is 1. The number of hydrogen-bond acceptors (Lipinski definition) is 2. The highest BCUT2D eigenvalue weighted by atomic mass is 19.1. The second-order valence-electron chi connectivity index (χ2n) is 4.70. The van der Waals surface area contributed by atoms with Crippen molar-refractivity contribution in [2.75, 3.05) is 11.4 Å². The molecule has 1 aromatic rings. The summed E-state index contributed by atoms with van der Waals surface area (Å²) in [6.45, 7) is 2.88. The summed E-state index contributed by atoms with van der Waals surface area (Å²) in [5.41, 5.74) is 1.56. The van der Waals surface area contributed by atoms with Crippen LogP contribution in [-0.4, -0.2) is 17.7 Å². The lowest BCUT2D eigenvalue weighted by molar-refractivity contribution is 0.281. The van der Waals surface area contributed by atoms with Crippen LogP contribution in [0.15, 0.2) is 18.2 Å². The van der Waals surface area contributed by atoms with Gasteiger partial charge in [-0.25, -0.2) is 4.39 Å². The Balaban J connectivity index is 2.25. The molecular formula is C14H20FNO. The molecule has 0 aromatic heterocycles. The van der Waals surface area contributed by atoms with Crippen LogP contribution in [0.5, 0.6) is 0 Å². The van der Waals surface area contributed by atoms with Crippen LogP contribution in [0.3, 0.4) is 0 Å². The summed E-state index contributed by atoms with van der Waals surface area (Å²) < 4.78 is 13.5. The fourth-order valence-corrected chi connectivity index (χ4v) is 2.76. The predicted octanol–water partition coefficient (Wildman–Crippen LogP) is 3.09. The molecular weight excluding hydrogens is 217 g/mol. The lowest BCUT2D eigenvalue weighted by atomic mass is 10.1. The Hall–Kier alpha value is -1.09. The largest absolute Gasteiger partial charge is 0.392 e. The van der Waals surface area contributed by atoms with E-state index in [9.17, 15) is 4.39 Å². The molecule has 2 nitrogen and oxygen atoms in total. The summed E-state index contributed by atoms with van der Waals surface area (Å²) in [6.07, 6.45) is 4.92. The standard InChI is InChI=1S/C14H20FNO/c1-2-16(13-5-3-4-6-13)14-8-11(10-17)7-12(15)9-14/h7-9,13,17H,2-6,10H2,1H3. The molecule has 0 spiro atoms. The smallest absolute Gasteiger partial charge is 0.125 e. The Bertz CT molecular complexity index is 374. The van der Waals surface area contributed by atoms with E-state index >= 15 is 0 Å². The van der Waals surface area contributed by atoms with Crippen LogP contribution in [0, 0.1) is 5.82 Å². The monoisotopic (exact) mass is 237 g/mol. The van der Waals surface area contributed by atoms with Crippen molar-refractivity contribution in [3.05, 3.63) is 29.6 Å². The van der Waals surface area contributed by atoms with E-state index in [2.05, 4.69) is 11.8 Å². The molecule has 17 heavy (non-hydrogen) atoms. The Morgan fingerprint density at radius 1 is 1.29 bits per heavy atom. The van der Waals surface area contributed by atoms with Crippen LogP contribution >= 0.6 is 0 Å². The number of aliphatic hydroxyl groups excluding tert-OH is 1. The van der Waals surface area contributed by atoms with Crippen LogP contribution in [0.2, 0.25) is 0 Å². The van der Waals surface area contributed by atoms with Crippen LogP contribution in [0.4, 0.5) is 10.1 Å². The van der Waals surface area contributed by atoms with Gasteiger partial charge in [0.15, 0.2) is 0 Å². The van der Waals surface area contributed by atoms with Gasteiger partial charge in [0.05, 0.1) is 6.61 Å². The minimum absolute atomic E-state index is 0.104. The van der Waals surface area contributed by atoms with Gasteiger partial charge in [0.25, 0.3) is 0 Å². The van der Waals surface area contributed by atoms with Gasteiger partial charge in [0.1, 0.15) is 5.82 Å². The minimum atomic E-state index is -0.261. The molecule has 94 valence electrons. The quantitative estimate of drug-likeness (QED) is 0.870. The van der Waals surface area contributed by atoms with E-state index in [0.717, 1.165) is 12.2 Å². The maximum Gasteiger partial charge on any atom is 0.125 e. The van der Waals surface area contributed by atoms with Gasteiger partial charge in [0, 0.05) is 18.3 Å². The van der Waals surface area contributed by atoms with Crippen LogP contribution < -0.4 is 4.90 Å². The topological polar surface area (TPSA) is 23.5 Å². The summed E-state index contributed by atoms with van der Waals surface area (Å²) >= 11 is 0. The van der Waals surface area contributed by atoms with E-state index in [4.69, 9.17) is 5.11 Å². The van der Waals surface area contributed by atoms with E-state index < -0.39 is 0 Å². The van der Waals surface area contributed by atoms with E-state index in [1.54, 1.807) is 6.07 Å². The van der Waals surface area contributed by atoms with Gasteiger partial charge in [-0.3, -0.25) is 0 Å². The Labute approximate surface area is 102 Å².